The van der Waals surface area contributed by atoms with E-state index < -0.39 is 0 Å². The van der Waals surface area contributed by atoms with Crippen molar-refractivity contribution in [1.29, 1.82) is 0 Å². The lowest BCUT2D eigenvalue weighted by atomic mass is 9.33. The minimum atomic E-state index is 0.202. The Balaban J connectivity index is 0.924. The van der Waals surface area contributed by atoms with Gasteiger partial charge in [-0.3, -0.25) is 0 Å². The zero-order valence-electron chi connectivity index (χ0n) is 44.9. The Morgan fingerprint density at radius 1 is 0.356 bits per heavy atom. The Labute approximate surface area is 439 Å². The molecule has 2 heterocycles. The molecule has 73 heavy (non-hydrogen) atoms. The van der Waals surface area contributed by atoms with Crippen LogP contribution in [0.3, 0.4) is 0 Å². The summed E-state index contributed by atoms with van der Waals surface area (Å²) >= 11 is 0. The molecule has 6 fully saturated rings. The molecule has 0 saturated heterocycles. The van der Waals surface area contributed by atoms with Gasteiger partial charge in [-0.2, -0.15) is 0 Å². The highest BCUT2D eigenvalue weighted by Gasteiger charge is 2.50. The molecule has 2 nitrogen and oxygen atoms in total. The van der Waals surface area contributed by atoms with Crippen LogP contribution in [-0.2, 0) is 0 Å². The molecule has 12 bridgehead atoms. The highest BCUT2D eigenvalue weighted by molar-refractivity contribution is 7.00. The van der Waals surface area contributed by atoms with Crippen LogP contribution in [0.25, 0.3) is 0 Å². The van der Waals surface area contributed by atoms with Crippen LogP contribution < -0.4 is 26.2 Å². The average Bonchev–Trinajstić information content (AvgIpc) is 3.76. The van der Waals surface area contributed by atoms with E-state index in [2.05, 4.69) is 116 Å². The average molecular weight is 961 g/mol. The van der Waals surface area contributed by atoms with E-state index >= 15 is 0 Å². The second-order valence-electron chi connectivity index (χ2n) is 28.6. The van der Waals surface area contributed by atoms with Crippen LogP contribution in [0.4, 0.5) is 34.1 Å². The third-order valence-electron chi connectivity index (χ3n) is 24.2. The molecule has 0 N–H and O–H groups in total. The van der Waals surface area contributed by atoms with Crippen molar-refractivity contribution in [3.63, 3.8) is 0 Å². The molecule has 0 radical (unpaired) electrons. The Morgan fingerprint density at radius 2 is 0.726 bits per heavy atom. The number of rotatable bonds is 4. The van der Waals surface area contributed by atoms with Crippen molar-refractivity contribution in [2.24, 2.45) is 47.3 Å². The van der Waals surface area contributed by atoms with Crippen molar-refractivity contribution in [3.8, 4) is 0 Å². The molecule has 12 aliphatic carbocycles. The summed E-state index contributed by atoms with van der Waals surface area (Å²) in [4.78, 5) is 5.74. The van der Waals surface area contributed by atoms with Crippen molar-refractivity contribution < 1.29 is 0 Å². The van der Waals surface area contributed by atoms with E-state index in [4.69, 9.17) is 0 Å². The first-order valence-electron chi connectivity index (χ1n) is 31.1. The number of anilines is 6. The van der Waals surface area contributed by atoms with Crippen LogP contribution in [0.5, 0.6) is 0 Å². The molecule has 12 unspecified atom stereocenters. The zero-order valence-corrected chi connectivity index (χ0v) is 44.9. The Morgan fingerprint density at radius 3 is 1.23 bits per heavy atom. The number of hydrogen-bond acceptors (Lipinski definition) is 2. The predicted octanol–water partition coefficient (Wildman–Crippen LogP) is 17.4. The van der Waals surface area contributed by atoms with Gasteiger partial charge < -0.3 is 9.80 Å². The molecule has 3 heteroatoms. The molecule has 0 spiro atoms. The van der Waals surface area contributed by atoms with Gasteiger partial charge in [-0.25, -0.2) is 0 Å². The number of hydrogen-bond donors (Lipinski definition) is 0. The highest BCUT2D eigenvalue weighted by Crippen LogP contribution is 2.61. The van der Waals surface area contributed by atoms with Crippen molar-refractivity contribution in [2.75, 3.05) is 9.80 Å². The number of benzene rings is 5. The first-order chi connectivity index (χ1) is 35.8. The van der Waals surface area contributed by atoms with Gasteiger partial charge in [0.25, 0.3) is 6.71 Å². The fourth-order valence-corrected chi connectivity index (χ4v) is 21.8. The van der Waals surface area contributed by atoms with Gasteiger partial charge in [0.15, 0.2) is 0 Å². The molecule has 6 saturated carbocycles. The van der Waals surface area contributed by atoms with Crippen LogP contribution in [0.1, 0.15) is 248 Å². The zero-order chi connectivity index (χ0) is 48.1. The normalized spacial score (nSPS) is 37.2. The molecule has 374 valence electrons. The van der Waals surface area contributed by atoms with Gasteiger partial charge in [-0.05, 0) is 333 Å². The second kappa shape index (κ2) is 16.1. The fourth-order valence-electron chi connectivity index (χ4n) is 21.8. The summed E-state index contributed by atoms with van der Waals surface area (Å²) in [5, 5.41) is 0. The first-order valence-corrected chi connectivity index (χ1v) is 31.1. The summed E-state index contributed by atoms with van der Waals surface area (Å²) in [7, 11) is 0. The Kier molecular flexibility index (Phi) is 9.72. The summed E-state index contributed by atoms with van der Waals surface area (Å²) < 4.78 is 0. The van der Waals surface area contributed by atoms with Crippen LogP contribution in [0.2, 0.25) is 0 Å². The molecule has 19 rings (SSSR count). The number of fused-ring (bicyclic) bond motifs is 12. The summed E-state index contributed by atoms with van der Waals surface area (Å²) in [5.41, 5.74) is 27.3. The molecule has 12 atom stereocenters. The highest BCUT2D eigenvalue weighted by atomic mass is 15.2. The van der Waals surface area contributed by atoms with E-state index in [9.17, 15) is 0 Å². The second-order valence-corrected chi connectivity index (χ2v) is 28.6. The van der Waals surface area contributed by atoms with Crippen LogP contribution in [0.15, 0.2) is 78.9 Å². The molecule has 2 aliphatic heterocycles. The van der Waals surface area contributed by atoms with E-state index in [1.54, 1.807) is 60.9 Å². The van der Waals surface area contributed by atoms with E-state index in [-0.39, 0.29) is 6.71 Å². The molecule has 5 aromatic rings. The Bertz CT molecular complexity index is 3080. The molecule has 0 aromatic heterocycles. The van der Waals surface area contributed by atoms with E-state index in [0.29, 0.717) is 35.5 Å². The largest absolute Gasteiger partial charge is 0.311 e. The van der Waals surface area contributed by atoms with Gasteiger partial charge in [0.1, 0.15) is 0 Å². The fraction of sp³-hybridized carbons (Fsp3) is 0.571. The van der Waals surface area contributed by atoms with Crippen LogP contribution >= 0.6 is 0 Å². The maximum atomic E-state index is 2.91. The smallest absolute Gasteiger partial charge is 0.252 e. The lowest BCUT2D eigenvalue weighted by Crippen LogP contribution is -2.61. The van der Waals surface area contributed by atoms with Crippen LogP contribution in [0, 0.1) is 47.3 Å². The monoisotopic (exact) mass is 961 g/mol. The van der Waals surface area contributed by atoms with E-state index in [1.165, 1.54) is 163 Å². The molecular formula is C70H81BN2. The van der Waals surface area contributed by atoms with E-state index in [1.807, 2.05) is 0 Å². The van der Waals surface area contributed by atoms with Crippen molar-refractivity contribution in [1.82, 2.24) is 0 Å². The van der Waals surface area contributed by atoms with Gasteiger partial charge in [0.05, 0.1) is 0 Å². The molecule has 14 aliphatic rings. The van der Waals surface area contributed by atoms with Crippen molar-refractivity contribution >= 4 is 57.2 Å². The van der Waals surface area contributed by atoms with E-state index in [0.717, 1.165) is 59.2 Å². The molecular weight excluding hydrogens is 880 g/mol. The van der Waals surface area contributed by atoms with Gasteiger partial charge in [-0.15, -0.1) is 0 Å². The minimum absolute atomic E-state index is 0.202. The third-order valence-corrected chi connectivity index (χ3v) is 24.2. The number of nitrogens with zero attached hydrogens (tertiary/aromatic N) is 2. The van der Waals surface area contributed by atoms with Crippen molar-refractivity contribution in [2.45, 2.75) is 203 Å². The predicted molar refractivity (Wildman–Crippen MR) is 305 cm³/mol. The molecule has 5 aromatic carbocycles. The standard InChI is InChI=1S/C70H81BN2/c1-5-46-20-40-14-38(3)16-48(22-40)56-12-10-54(32-58(46)56)72-66-8-7-9-67-70(66)71(64-34-60-47(6-2)21-41-15-39(4)17-49(23-41)62(60)36-68(64)72)65-35-61-52-28-44-19-45(29-52)31-53(30-44)63(61)37-69(65)73(67)55-11-13-57-50-24-42-18-43(25-50)27-51(26-42)59(57)33-55/h7-13,32-53H,5-6,14-31H2,1-4H3. The maximum Gasteiger partial charge on any atom is 0.252 e. The lowest BCUT2D eigenvalue weighted by molar-refractivity contribution is 0.165. The van der Waals surface area contributed by atoms with Crippen molar-refractivity contribution in [3.05, 3.63) is 123 Å². The lowest BCUT2D eigenvalue weighted by Gasteiger charge is -2.45. The van der Waals surface area contributed by atoms with Crippen LogP contribution in [-0.4, -0.2) is 6.71 Å². The van der Waals surface area contributed by atoms with Gasteiger partial charge in [-0.1, -0.05) is 58.0 Å². The summed E-state index contributed by atoms with van der Waals surface area (Å²) in [6.45, 7) is 10.3. The summed E-state index contributed by atoms with van der Waals surface area (Å²) in [5.74, 6) is 12.5. The minimum Gasteiger partial charge on any atom is -0.311 e. The Hall–Kier alpha value is -4.24. The molecule has 0 amide bonds. The quantitative estimate of drug-likeness (QED) is 0.162. The first kappa shape index (κ1) is 43.9. The van der Waals surface area contributed by atoms with Gasteiger partial charge in [0.2, 0.25) is 0 Å². The third kappa shape index (κ3) is 6.54. The maximum absolute atomic E-state index is 2.91. The SMILES string of the molecule is CCC1CC2CC(C)CC(C2)c2ccc(N3c4cc5c(cc4B4c6cc7c(cc6N(c6ccc8c(c6)C6CC9CC(CC8C9)C6)c6cccc3c64)C3CC4CC(CC7C4)C3)C(CC)CC3CC(C)CC5C3)cc21. The van der Waals surface area contributed by atoms with Gasteiger partial charge >= 0.3 is 0 Å². The summed E-state index contributed by atoms with van der Waals surface area (Å²) in [6.07, 6.45) is 27.9. The summed E-state index contributed by atoms with van der Waals surface area (Å²) in [6, 6.07) is 35.2. The topological polar surface area (TPSA) is 6.48 Å². The van der Waals surface area contributed by atoms with Gasteiger partial charge in [0, 0.05) is 34.1 Å².